The van der Waals surface area contributed by atoms with E-state index >= 15 is 0 Å². The highest BCUT2D eigenvalue weighted by Gasteiger charge is 2.28. The van der Waals surface area contributed by atoms with Crippen molar-refractivity contribution in [3.63, 3.8) is 0 Å². The molecule has 0 unspecified atom stereocenters. The predicted molar refractivity (Wildman–Crippen MR) is 96.0 cm³/mol. The number of carbonyl (C=O) groups is 1. The molecule has 2 aromatic rings. The molecular formula is C17H23N3O4S. The van der Waals surface area contributed by atoms with E-state index in [1.807, 2.05) is 18.3 Å². The Kier molecular flexibility index (Phi) is 5.41. The van der Waals surface area contributed by atoms with Gasteiger partial charge in [0.25, 0.3) is 5.91 Å². The number of hydrogen-bond donors (Lipinski definition) is 2. The van der Waals surface area contributed by atoms with Gasteiger partial charge in [0.2, 0.25) is 10.0 Å². The first kappa shape index (κ1) is 17.9. The van der Waals surface area contributed by atoms with Gasteiger partial charge in [-0.05, 0) is 36.4 Å². The molecule has 1 aromatic heterocycles. The van der Waals surface area contributed by atoms with Crippen LogP contribution in [0.1, 0.15) is 23.2 Å². The number of aromatic nitrogens is 1. The maximum Gasteiger partial charge on any atom is 0.251 e. The Morgan fingerprint density at radius 3 is 2.80 bits per heavy atom. The zero-order valence-corrected chi connectivity index (χ0v) is 15.0. The second kappa shape index (κ2) is 7.55. The van der Waals surface area contributed by atoms with Crippen molar-refractivity contribution in [1.82, 2.24) is 14.6 Å². The van der Waals surface area contributed by atoms with Crippen molar-refractivity contribution in [3.05, 3.63) is 36.0 Å². The SMILES string of the molecule is CS(=O)(=O)N(CCNC(=O)c1ccc2cc[nH]c2c1)C1CCOCC1. The van der Waals surface area contributed by atoms with E-state index in [-0.39, 0.29) is 25.0 Å². The molecule has 0 atom stereocenters. The summed E-state index contributed by atoms with van der Waals surface area (Å²) in [6.45, 7) is 1.67. The molecule has 3 rings (SSSR count). The van der Waals surface area contributed by atoms with Gasteiger partial charge >= 0.3 is 0 Å². The summed E-state index contributed by atoms with van der Waals surface area (Å²) in [7, 11) is -3.33. The molecule has 0 aliphatic carbocycles. The topological polar surface area (TPSA) is 91.5 Å². The Labute approximate surface area is 147 Å². The van der Waals surface area contributed by atoms with Gasteiger partial charge in [-0.2, -0.15) is 4.31 Å². The van der Waals surface area contributed by atoms with Gasteiger partial charge in [-0.3, -0.25) is 4.79 Å². The summed E-state index contributed by atoms with van der Waals surface area (Å²) in [6.07, 6.45) is 4.41. The molecule has 25 heavy (non-hydrogen) atoms. The highest BCUT2D eigenvalue weighted by Crippen LogP contribution is 2.17. The molecule has 8 heteroatoms. The Morgan fingerprint density at radius 1 is 1.32 bits per heavy atom. The van der Waals surface area contributed by atoms with Crippen LogP contribution in [0.4, 0.5) is 0 Å². The third-order valence-corrected chi connectivity index (χ3v) is 5.79. The number of carbonyl (C=O) groups excluding carboxylic acids is 1. The van der Waals surface area contributed by atoms with Gasteiger partial charge in [0.1, 0.15) is 0 Å². The minimum absolute atomic E-state index is 0.0593. The maximum atomic E-state index is 12.3. The molecule has 1 fully saturated rings. The Bertz CT molecular complexity index is 840. The lowest BCUT2D eigenvalue weighted by molar-refractivity contribution is 0.0585. The van der Waals surface area contributed by atoms with Crippen LogP contribution in [-0.4, -0.2) is 62.2 Å². The van der Waals surface area contributed by atoms with Crippen LogP contribution in [0.3, 0.4) is 0 Å². The summed E-state index contributed by atoms with van der Waals surface area (Å²) in [4.78, 5) is 15.4. The number of benzene rings is 1. The Hall–Kier alpha value is -1.90. The van der Waals surface area contributed by atoms with Crippen molar-refractivity contribution in [2.45, 2.75) is 18.9 Å². The molecule has 2 N–H and O–H groups in total. The number of fused-ring (bicyclic) bond motifs is 1. The predicted octanol–water partition coefficient (Wildman–Crippen LogP) is 1.34. The molecule has 0 saturated carbocycles. The van der Waals surface area contributed by atoms with Crippen molar-refractivity contribution in [2.24, 2.45) is 0 Å². The molecule has 1 saturated heterocycles. The quantitative estimate of drug-likeness (QED) is 0.808. The standard InChI is InChI=1S/C17H23N3O4S/c1-25(22,23)20(15-5-10-24-11-6-15)9-8-19-17(21)14-3-2-13-4-7-18-16(13)12-14/h2-4,7,12,15,18H,5-6,8-11H2,1H3,(H,19,21). The van der Waals surface area contributed by atoms with Crippen LogP contribution < -0.4 is 5.32 Å². The monoisotopic (exact) mass is 365 g/mol. The highest BCUT2D eigenvalue weighted by atomic mass is 32.2. The second-order valence-electron chi connectivity index (χ2n) is 6.25. The number of ether oxygens (including phenoxy) is 1. The van der Waals surface area contributed by atoms with Gasteiger partial charge < -0.3 is 15.0 Å². The number of H-pyrrole nitrogens is 1. The Morgan fingerprint density at radius 2 is 2.08 bits per heavy atom. The van der Waals surface area contributed by atoms with Crippen LogP contribution in [0, 0.1) is 0 Å². The number of sulfonamides is 1. The van der Waals surface area contributed by atoms with Crippen LogP contribution in [0.5, 0.6) is 0 Å². The lowest BCUT2D eigenvalue weighted by Gasteiger charge is -2.32. The van der Waals surface area contributed by atoms with E-state index in [1.165, 1.54) is 10.6 Å². The van der Waals surface area contributed by atoms with Crippen molar-refractivity contribution in [1.29, 1.82) is 0 Å². The molecule has 2 heterocycles. The lowest BCUT2D eigenvalue weighted by atomic mass is 10.1. The van der Waals surface area contributed by atoms with Gasteiger partial charge in [-0.25, -0.2) is 8.42 Å². The third kappa shape index (κ3) is 4.39. The van der Waals surface area contributed by atoms with Gasteiger partial charge in [0, 0.05) is 49.6 Å². The molecule has 7 nitrogen and oxygen atoms in total. The lowest BCUT2D eigenvalue weighted by Crippen LogP contribution is -2.46. The summed E-state index contributed by atoms with van der Waals surface area (Å²) >= 11 is 0. The summed E-state index contributed by atoms with van der Waals surface area (Å²) in [5, 5.41) is 3.85. The molecule has 1 aliphatic rings. The van der Waals surface area contributed by atoms with Crippen molar-refractivity contribution < 1.29 is 17.9 Å². The minimum Gasteiger partial charge on any atom is -0.381 e. The van der Waals surface area contributed by atoms with Crippen LogP contribution in [-0.2, 0) is 14.8 Å². The molecule has 0 bridgehead atoms. The highest BCUT2D eigenvalue weighted by molar-refractivity contribution is 7.88. The normalized spacial score (nSPS) is 16.4. The van der Waals surface area contributed by atoms with E-state index in [2.05, 4.69) is 10.3 Å². The molecule has 0 spiro atoms. The molecule has 1 aliphatic heterocycles. The van der Waals surface area contributed by atoms with Crippen molar-refractivity contribution in [2.75, 3.05) is 32.6 Å². The average molecular weight is 365 g/mol. The fourth-order valence-corrected chi connectivity index (χ4v) is 4.34. The maximum absolute atomic E-state index is 12.3. The number of nitrogens with zero attached hydrogens (tertiary/aromatic N) is 1. The van der Waals surface area contributed by atoms with Gasteiger partial charge in [-0.15, -0.1) is 0 Å². The smallest absolute Gasteiger partial charge is 0.251 e. The first-order valence-electron chi connectivity index (χ1n) is 8.35. The van der Waals surface area contributed by atoms with E-state index < -0.39 is 10.0 Å². The minimum atomic E-state index is -3.33. The van der Waals surface area contributed by atoms with Crippen LogP contribution in [0.15, 0.2) is 30.5 Å². The third-order valence-electron chi connectivity index (χ3n) is 4.46. The molecule has 1 aromatic carbocycles. The van der Waals surface area contributed by atoms with Gasteiger partial charge in [0.05, 0.1) is 6.26 Å². The van der Waals surface area contributed by atoms with E-state index in [4.69, 9.17) is 4.74 Å². The largest absolute Gasteiger partial charge is 0.381 e. The fraction of sp³-hybridized carbons (Fsp3) is 0.471. The van der Waals surface area contributed by atoms with E-state index in [0.717, 1.165) is 10.9 Å². The average Bonchev–Trinajstić information content (AvgIpc) is 3.05. The Balaban J connectivity index is 1.60. The van der Waals surface area contributed by atoms with E-state index in [0.29, 0.717) is 31.6 Å². The van der Waals surface area contributed by atoms with Crippen LogP contribution in [0.2, 0.25) is 0 Å². The van der Waals surface area contributed by atoms with Crippen molar-refractivity contribution >= 4 is 26.8 Å². The molecule has 0 radical (unpaired) electrons. The number of amides is 1. The van der Waals surface area contributed by atoms with E-state index in [1.54, 1.807) is 12.1 Å². The van der Waals surface area contributed by atoms with Crippen LogP contribution in [0.25, 0.3) is 10.9 Å². The van der Waals surface area contributed by atoms with Gasteiger partial charge in [-0.1, -0.05) is 6.07 Å². The van der Waals surface area contributed by atoms with E-state index in [9.17, 15) is 13.2 Å². The summed E-state index contributed by atoms with van der Waals surface area (Å²) in [5.41, 5.74) is 1.44. The number of hydrogen-bond acceptors (Lipinski definition) is 4. The summed E-state index contributed by atoms with van der Waals surface area (Å²) in [6, 6.07) is 7.31. The fourth-order valence-electron chi connectivity index (χ4n) is 3.16. The number of nitrogens with one attached hydrogen (secondary N) is 2. The number of rotatable bonds is 6. The summed E-state index contributed by atoms with van der Waals surface area (Å²) < 4.78 is 30.9. The summed E-state index contributed by atoms with van der Waals surface area (Å²) in [5.74, 6) is -0.211. The number of aromatic amines is 1. The molecular weight excluding hydrogens is 342 g/mol. The molecule has 136 valence electrons. The second-order valence-corrected chi connectivity index (χ2v) is 8.19. The first-order chi connectivity index (χ1) is 11.9. The zero-order valence-electron chi connectivity index (χ0n) is 14.2. The van der Waals surface area contributed by atoms with Crippen LogP contribution >= 0.6 is 0 Å². The molecule has 1 amide bonds. The van der Waals surface area contributed by atoms with Gasteiger partial charge in [0.15, 0.2) is 0 Å². The zero-order chi connectivity index (χ0) is 17.9. The van der Waals surface area contributed by atoms with Crippen molar-refractivity contribution in [3.8, 4) is 0 Å². The first-order valence-corrected chi connectivity index (χ1v) is 10.2.